The number of nitrogens with zero attached hydrogens (tertiary/aromatic N) is 1. The summed E-state index contributed by atoms with van der Waals surface area (Å²) in [5.41, 5.74) is 1.47. The van der Waals surface area contributed by atoms with Crippen LogP contribution in [-0.4, -0.2) is 31.7 Å². The van der Waals surface area contributed by atoms with Gasteiger partial charge in [0.15, 0.2) is 0 Å². The molecule has 0 spiro atoms. The van der Waals surface area contributed by atoms with E-state index in [4.69, 9.17) is 0 Å². The molecular weight excluding hydrogens is 336 g/mol. The molecule has 1 aliphatic rings. The van der Waals surface area contributed by atoms with E-state index < -0.39 is 10.0 Å². The Morgan fingerprint density at radius 2 is 1.60 bits per heavy atom. The number of carbonyl (C=O) groups excluding carboxylic acids is 1. The fourth-order valence-corrected chi connectivity index (χ4v) is 4.48. The lowest BCUT2D eigenvalue weighted by Gasteiger charge is -2.16. The first kappa shape index (κ1) is 17.6. The van der Waals surface area contributed by atoms with E-state index in [2.05, 4.69) is 5.32 Å². The third-order valence-electron chi connectivity index (χ3n) is 4.47. The Labute approximate surface area is 148 Å². The summed E-state index contributed by atoms with van der Waals surface area (Å²) >= 11 is 0. The predicted molar refractivity (Wildman–Crippen MR) is 96.8 cm³/mol. The van der Waals surface area contributed by atoms with E-state index >= 15 is 0 Å². The number of nitrogens with one attached hydrogen (secondary N) is 1. The van der Waals surface area contributed by atoms with Gasteiger partial charge in [0.25, 0.3) is 5.91 Å². The Bertz CT molecular complexity index is 827. The van der Waals surface area contributed by atoms with Crippen LogP contribution in [-0.2, 0) is 10.0 Å². The summed E-state index contributed by atoms with van der Waals surface area (Å²) in [4.78, 5) is 12.6. The summed E-state index contributed by atoms with van der Waals surface area (Å²) in [6, 6.07) is 15.7. The molecule has 1 heterocycles. The predicted octanol–water partition coefficient (Wildman–Crippen LogP) is 2.96. The zero-order chi connectivity index (χ0) is 17.9. The average molecular weight is 358 g/mol. The molecule has 6 heteroatoms. The molecule has 1 amide bonds. The lowest BCUT2D eigenvalue weighted by atomic mass is 10.1. The number of rotatable bonds is 5. The van der Waals surface area contributed by atoms with Crippen LogP contribution in [0.3, 0.4) is 0 Å². The standard InChI is InChI=1S/C19H22N2O3S/c1-15(16-7-3-2-4-8-16)20-19(22)17-9-11-18(12-10-17)25(23,24)21-13-5-6-14-21/h2-4,7-12,15H,5-6,13-14H2,1H3,(H,20,22). The Morgan fingerprint density at radius 1 is 1.00 bits per heavy atom. The number of hydrogen-bond acceptors (Lipinski definition) is 3. The highest BCUT2D eigenvalue weighted by atomic mass is 32.2. The highest BCUT2D eigenvalue weighted by Gasteiger charge is 2.27. The van der Waals surface area contributed by atoms with Gasteiger partial charge in [0, 0.05) is 18.7 Å². The van der Waals surface area contributed by atoms with Crippen molar-refractivity contribution >= 4 is 15.9 Å². The SMILES string of the molecule is CC(NC(=O)c1ccc(S(=O)(=O)N2CCCC2)cc1)c1ccccc1. The molecule has 1 N–H and O–H groups in total. The van der Waals surface area contributed by atoms with Crippen molar-refractivity contribution in [2.75, 3.05) is 13.1 Å². The van der Waals surface area contributed by atoms with Gasteiger partial charge >= 0.3 is 0 Å². The van der Waals surface area contributed by atoms with E-state index in [1.807, 2.05) is 37.3 Å². The van der Waals surface area contributed by atoms with E-state index in [0.29, 0.717) is 18.7 Å². The van der Waals surface area contributed by atoms with Gasteiger partial charge in [-0.1, -0.05) is 30.3 Å². The van der Waals surface area contributed by atoms with Crippen molar-refractivity contribution in [2.24, 2.45) is 0 Å². The van der Waals surface area contributed by atoms with Gasteiger partial charge in [0.05, 0.1) is 10.9 Å². The molecular formula is C19H22N2O3S. The molecule has 2 aromatic rings. The fraction of sp³-hybridized carbons (Fsp3) is 0.316. The van der Waals surface area contributed by atoms with Crippen molar-refractivity contribution in [2.45, 2.75) is 30.7 Å². The maximum Gasteiger partial charge on any atom is 0.251 e. The van der Waals surface area contributed by atoms with Gasteiger partial charge in [-0.05, 0) is 49.6 Å². The number of carbonyl (C=O) groups is 1. The maximum absolute atomic E-state index is 12.5. The Hall–Kier alpha value is -2.18. The second kappa shape index (κ2) is 7.37. The molecule has 25 heavy (non-hydrogen) atoms. The van der Waals surface area contributed by atoms with E-state index in [1.165, 1.54) is 16.4 Å². The third kappa shape index (κ3) is 3.91. The summed E-state index contributed by atoms with van der Waals surface area (Å²) in [5.74, 6) is -0.221. The Morgan fingerprint density at radius 3 is 2.20 bits per heavy atom. The van der Waals surface area contributed by atoms with Crippen LogP contribution in [0.4, 0.5) is 0 Å². The number of amides is 1. The molecule has 0 aliphatic carbocycles. The zero-order valence-electron chi connectivity index (χ0n) is 14.2. The molecule has 0 bridgehead atoms. The molecule has 1 atom stereocenters. The first-order valence-corrected chi connectivity index (χ1v) is 9.88. The monoisotopic (exact) mass is 358 g/mol. The van der Waals surface area contributed by atoms with Crippen LogP contribution in [0, 0.1) is 0 Å². The van der Waals surface area contributed by atoms with Crippen LogP contribution < -0.4 is 5.32 Å². The largest absolute Gasteiger partial charge is 0.346 e. The first-order chi connectivity index (χ1) is 12.0. The highest BCUT2D eigenvalue weighted by Crippen LogP contribution is 2.21. The van der Waals surface area contributed by atoms with Crippen LogP contribution in [0.5, 0.6) is 0 Å². The molecule has 132 valence electrons. The van der Waals surface area contributed by atoms with Crippen molar-refractivity contribution in [3.05, 3.63) is 65.7 Å². The molecule has 1 fully saturated rings. The number of sulfonamides is 1. The van der Waals surface area contributed by atoms with E-state index in [9.17, 15) is 13.2 Å². The topological polar surface area (TPSA) is 66.5 Å². The molecule has 1 unspecified atom stereocenters. The summed E-state index contributed by atoms with van der Waals surface area (Å²) in [6.45, 7) is 3.05. The minimum absolute atomic E-state index is 0.123. The molecule has 1 saturated heterocycles. The molecule has 1 aliphatic heterocycles. The molecule has 5 nitrogen and oxygen atoms in total. The van der Waals surface area contributed by atoms with Crippen molar-refractivity contribution in [3.63, 3.8) is 0 Å². The van der Waals surface area contributed by atoms with E-state index in [0.717, 1.165) is 18.4 Å². The maximum atomic E-state index is 12.5. The average Bonchev–Trinajstić information content (AvgIpc) is 3.18. The van der Waals surface area contributed by atoms with Crippen molar-refractivity contribution in [3.8, 4) is 0 Å². The summed E-state index contributed by atoms with van der Waals surface area (Å²) in [7, 11) is -3.45. The van der Waals surface area contributed by atoms with Crippen LogP contribution >= 0.6 is 0 Å². The van der Waals surface area contributed by atoms with E-state index in [1.54, 1.807) is 12.1 Å². The van der Waals surface area contributed by atoms with Crippen molar-refractivity contribution in [1.29, 1.82) is 0 Å². The van der Waals surface area contributed by atoms with Gasteiger partial charge in [-0.15, -0.1) is 0 Å². The molecule has 3 rings (SSSR count). The summed E-state index contributed by atoms with van der Waals surface area (Å²) < 4.78 is 26.5. The Balaban J connectivity index is 1.70. The second-order valence-corrected chi connectivity index (χ2v) is 8.18. The third-order valence-corrected chi connectivity index (χ3v) is 6.38. The second-order valence-electron chi connectivity index (χ2n) is 6.24. The van der Waals surface area contributed by atoms with Crippen LogP contribution in [0.15, 0.2) is 59.5 Å². The minimum Gasteiger partial charge on any atom is -0.346 e. The van der Waals surface area contributed by atoms with Gasteiger partial charge in [0.2, 0.25) is 10.0 Å². The molecule has 0 aromatic heterocycles. The van der Waals surface area contributed by atoms with E-state index in [-0.39, 0.29) is 16.8 Å². The molecule has 0 radical (unpaired) electrons. The van der Waals surface area contributed by atoms with Gasteiger partial charge in [-0.2, -0.15) is 4.31 Å². The van der Waals surface area contributed by atoms with Crippen LogP contribution in [0.2, 0.25) is 0 Å². The van der Waals surface area contributed by atoms with Gasteiger partial charge in [-0.3, -0.25) is 4.79 Å². The molecule has 0 saturated carbocycles. The lowest BCUT2D eigenvalue weighted by molar-refractivity contribution is 0.0940. The highest BCUT2D eigenvalue weighted by molar-refractivity contribution is 7.89. The van der Waals surface area contributed by atoms with Crippen LogP contribution in [0.1, 0.15) is 41.7 Å². The van der Waals surface area contributed by atoms with Gasteiger partial charge in [0.1, 0.15) is 0 Å². The zero-order valence-corrected chi connectivity index (χ0v) is 15.0. The first-order valence-electron chi connectivity index (χ1n) is 8.44. The van der Waals surface area contributed by atoms with Crippen LogP contribution in [0.25, 0.3) is 0 Å². The molecule has 2 aromatic carbocycles. The van der Waals surface area contributed by atoms with Crippen molar-refractivity contribution < 1.29 is 13.2 Å². The Kier molecular flexibility index (Phi) is 5.20. The van der Waals surface area contributed by atoms with Gasteiger partial charge in [-0.25, -0.2) is 8.42 Å². The smallest absolute Gasteiger partial charge is 0.251 e. The lowest BCUT2D eigenvalue weighted by Crippen LogP contribution is -2.28. The normalized spacial score (nSPS) is 16.5. The van der Waals surface area contributed by atoms with Gasteiger partial charge < -0.3 is 5.32 Å². The summed E-state index contributed by atoms with van der Waals surface area (Å²) in [6.07, 6.45) is 1.80. The van der Waals surface area contributed by atoms with Crippen molar-refractivity contribution in [1.82, 2.24) is 9.62 Å². The quantitative estimate of drug-likeness (QED) is 0.894. The number of benzene rings is 2. The number of hydrogen-bond donors (Lipinski definition) is 1. The summed E-state index contributed by atoms with van der Waals surface area (Å²) in [5, 5.41) is 2.93. The minimum atomic E-state index is -3.45. The fourth-order valence-electron chi connectivity index (χ4n) is 2.96.